The van der Waals surface area contributed by atoms with Crippen molar-refractivity contribution in [3.63, 3.8) is 0 Å². The molecule has 9 heteroatoms. The molecule has 0 bridgehead atoms. The van der Waals surface area contributed by atoms with E-state index in [4.69, 9.17) is 9.47 Å². The minimum atomic E-state index is -0.265. The number of nitrogens with one attached hydrogen (secondary N) is 1. The van der Waals surface area contributed by atoms with Crippen molar-refractivity contribution < 1.29 is 14.3 Å². The molecule has 0 aliphatic heterocycles. The van der Waals surface area contributed by atoms with Crippen LogP contribution in [0.4, 0.5) is 0 Å². The summed E-state index contributed by atoms with van der Waals surface area (Å²) in [6.07, 6.45) is 1.28. The Morgan fingerprint density at radius 1 is 1.06 bits per heavy atom. The lowest BCUT2D eigenvalue weighted by atomic mass is 10.1. The highest BCUT2D eigenvalue weighted by atomic mass is 32.1. The van der Waals surface area contributed by atoms with E-state index >= 15 is 0 Å². The Hall–Kier alpha value is -3.33. The Morgan fingerprint density at radius 2 is 1.85 bits per heavy atom. The average Bonchev–Trinajstić information content (AvgIpc) is 3.40. The van der Waals surface area contributed by atoms with Crippen molar-refractivity contribution in [3.8, 4) is 11.5 Å². The van der Waals surface area contributed by atoms with Gasteiger partial charge in [0.05, 0.1) is 23.4 Å². The van der Waals surface area contributed by atoms with Crippen LogP contribution in [0.1, 0.15) is 32.2 Å². The predicted molar refractivity (Wildman–Crippen MR) is 130 cm³/mol. The van der Waals surface area contributed by atoms with Crippen LogP contribution in [0.5, 0.6) is 11.5 Å². The van der Waals surface area contributed by atoms with Crippen molar-refractivity contribution in [2.75, 3.05) is 19.8 Å². The zero-order valence-electron chi connectivity index (χ0n) is 19.1. The second-order valence-electron chi connectivity index (χ2n) is 7.51. The van der Waals surface area contributed by atoms with Gasteiger partial charge in [-0.25, -0.2) is 4.68 Å². The summed E-state index contributed by atoms with van der Waals surface area (Å²) in [5.41, 5.74) is 2.29. The van der Waals surface area contributed by atoms with Gasteiger partial charge in [0.1, 0.15) is 17.9 Å². The van der Waals surface area contributed by atoms with Gasteiger partial charge < -0.3 is 14.8 Å². The minimum Gasteiger partial charge on any atom is -0.490 e. The third kappa shape index (κ3) is 4.73. The molecule has 4 rings (SSSR count). The number of ether oxygens (including phenoxy) is 2. The SMILES string of the molecule is CCOc1ccc(CCNC(=O)Cn2nc(CC)n3c(cc4sccc43)c2=O)cc1OCC. The molecule has 4 aromatic rings. The fourth-order valence-electron chi connectivity index (χ4n) is 3.85. The Balaban J connectivity index is 1.44. The van der Waals surface area contributed by atoms with Crippen LogP contribution in [-0.4, -0.2) is 39.8 Å². The van der Waals surface area contributed by atoms with Crippen molar-refractivity contribution in [2.24, 2.45) is 0 Å². The van der Waals surface area contributed by atoms with Crippen molar-refractivity contribution in [1.82, 2.24) is 19.5 Å². The lowest BCUT2D eigenvalue weighted by molar-refractivity contribution is -0.121. The molecule has 1 amide bonds. The first-order valence-corrected chi connectivity index (χ1v) is 12.1. The molecule has 1 aromatic carbocycles. The van der Waals surface area contributed by atoms with E-state index in [0.717, 1.165) is 21.6 Å². The normalized spacial score (nSPS) is 11.2. The summed E-state index contributed by atoms with van der Waals surface area (Å²) < 4.78 is 15.4. The molecule has 0 atom stereocenters. The van der Waals surface area contributed by atoms with Crippen LogP contribution in [0, 0.1) is 0 Å². The number of hydrogen-bond acceptors (Lipinski definition) is 6. The Bertz CT molecular complexity index is 1340. The number of carbonyl (C=O) groups is 1. The summed E-state index contributed by atoms with van der Waals surface area (Å²) in [5, 5.41) is 9.35. The number of carbonyl (C=O) groups excluding carboxylic acids is 1. The van der Waals surface area contributed by atoms with Crippen LogP contribution >= 0.6 is 11.3 Å². The maximum absolute atomic E-state index is 13.0. The summed E-state index contributed by atoms with van der Waals surface area (Å²) in [6.45, 7) is 7.28. The van der Waals surface area contributed by atoms with Crippen molar-refractivity contribution in [3.05, 3.63) is 57.5 Å². The topological polar surface area (TPSA) is 86.9 Å². The number of nitrogens with zero attached hydrogens (tertiary/aromatic N) is 3. The first kappa shape index (κ1) is 22.8. The molecule has 0 unspecified atom stereocenters. The highest BCUT2D eigenvalue weighted by Crippen LogP contribution is 2.28. The van der Waals surface area contributed by atoms with Gasteiger partial charge in [-0.15, -0.1) is 11.3 Å². The fourth-order valence-corrected chi connectivity index (χ4v) is 4.65. The number of rotatable bonds is 10. The van der Waals surface area contributed by atoms with Crippen molar-refractivity contribution in [1.29, 1.82) is 0 Å². The number of fused-ring (bicyclic) bond motifs is 3. The lowest BCUT2D eigenvalue weighted by Crippen LogP contribution is -2.36. The van der Waals surface area contributed by atoms with E-state index in [2.05, 4.69) is 10.4 Å². The minimum absolute atomic E-state index is 0.116. The van der Waals surface area contributed by atoms with Gasteiger partial charge in [-0.05, 0) is 55.5 Å². The molecular weight excluding hydrogens is 440 g/mol. The summed E-state index contributed by atoms with van der Waals surface area (Å²) in [5.74, 6) is 1.92. The lowest BCUT2D eigenvalue weighted by Gasteiger charge is -2.13. The first-order chi connectivity index (χ1) is 16.0. The van der Waals surface area contributed by atoms with E-state index in [0.29, 0.717) is 49.6 Å². The van der Waals surface area contributed by atoms with Gasteiger partial charge in [-0.2, -0.15) is 5.10 Å². The third-order valence-electron chi connectivity index (χ3n) is 5.32. The van der Waals surface area contributed by atoms with Gasteiger partial charge in [0.2, 0.25) is 5.91 Å². The monoisotopic (exact) mass is 468 g/mol. The van der Waals surface area contributed by atoms with Gasteiger partial charge in [0.15, 0.2) is 11.5 Å². The van der Waals surface area contributed by atoms with Crippen LogP contribution in [-0.2, 0) is 24.2 Å². The van der Waals surface area contributed by atoms with Gasteiger partial charge in [-0.3, -0.25) is 14.0 Å². The number of hydrogen-bond donors (Lipinski definition) is 1. The number of amides is 1. The maximum atomic E-state index is 13.0. The standard InChI is InChI=1S/C24H28N4O4S/c1-4-22-26-27(24(30)18-14-21-17(28(18)22)10-12-33-21)15-23(29)25-11-9-16-7-8-19(31-5-2)20(13-16)32-6-3/h7-8,10,12-14H,4-6,9,11,15H2,1-3H3,(H,25,29). The molecule has 3 heterocycles. The summed E-state index contributed by atoms with van der Waals surface area (Å²) >= 11 is 1.58. The van der Waals surface area contributed by atoms with E-state index in [-0.39, 0.29) is 18.0 Å². The molecule has 0 saturated carbocycles. The number of benzene rings is 1. The number of thiophene rings is 1. The quantitative estimate of drug-likeness (QED) is 0.385. The third-order valence-corrected chi connectivity index (χ3v) is 6.18. The molecule has 0 aliphatic carbocycles. The van der Waals surface area contributed by atoms with E-state index in [1.165, 1.54) is 4.68 Å². The largest absolute Gasteiger partial charge is 0.490 e. The summed E-state index contributed by atoms with van der Waals surface area (Å²) in [6, 6.07) is 9.65. The highest BCUT2D eigenvalue weighted by molar-refractivity contribution is 7.17. The molecule has 0 saturated heterocycles. The van der Waals surface area contributed by atoms with Crippen molar-refractivity contribution >= 4 is 33.0 Å². The van der Waals surface area contributed by atoms with Crippen LogP contribution in [0.25, 0.3) is 15.7 Å². The van der Waals surface area contributed by atoms with Crippen LogP contribution < -0.4 is 20.3 Å². The van der Waals surface area contributed by atoms with Gasteiger partial charge in [0.25, 0.3) is 5.56 Å². The van der Waals surface area contributed by atoms with Gasteiger partial charge in [-0.1, -0.05) is 13.0 Å². The van der Waals surface area contributed by atoms with Crippen LogP contribution in [0.15, 0.2) is 40.5 Å². The van der Waals surface area contributed by atoms with Gasteiger partial charge in [0, 0.05) is 13.0 Å². The Kier molecular flexibility index (Phi) is 6.98. The smallest absolute Gasteiger partial charge is 0.291 e. The molecule has 174 valence electrons. The number of aryl methyl sites for hydroxylation is 1. The zero-order chi connectivity index (χ0) is 23.4. The first-order valence-electron chi connectivity index (χ1n) is 11.2. The Labute approximate surface area is 195 Å². The molecular formula is C24H28N4O4S. The summed E-state index contributed by atoms with van der Waals surface area (Å²) in [7, 11) is 0. The maximum Gasteiger partial charge on any atom is 0.291 e. The molecule has 0 spiro atoms. The van der Waals surface area contributed by atoms with Gasteiger partial charge >= 0.3 is 0 Å². The fraction of sp³-hybridized carbons (Fsp3) is 0.375. The van der Waals surface area contributed by atoms with E-state index < -0.39 is 0 Å². The Morgan fingerprint density at radius 3 is 2.61 bits per heavy atom. The second kappa shape index (κ2) is 10.1. The molecule has 0 aliphatic rings. The molecule has 3 aromatic heterocycles. The molecule has 0 radical (unpaired) electrons. The van der Waals surface area contributed by atoms with E-state index in [1.807, 2.05) is 60.9 Å². The van der Waals surface area contributed by atoms with Crippen LogP contribution in [0.2, 0.25) is 0 Å². The van der Waals surface area contributed by atoms with Crippen molar-refractivity contribution in [2.45, 2.75) is 40.2 Å². The summed E-state index contributed by atoms with van der Waals surface area (Å²) in [4.78, 5) is 25.5. The molecule has 1 N–H and O–H groups in total. The van der Waals surface area contributed by atoms with Crippen LogP contribution in [0.3, 0.4) is 0 Å². The molecule has 8 nitrogen and oxygen atoms in total. The molecule has 0 fully saturated rings. The van der Waals surface area contributed by atoms with E-state index in [9.17, 15) is 9.59 Å². The zero-order valence-corrected chi connectivity index (χ0v) is 19.9. The average molecular weight is 469 g/mol. The second-order valence-corrected chi connectivity index (χ2v) is 8.46. The highest BCUT2D eigenvalue weighted by Gasteiger charge is 2.16. The predicted octanol–water partition coefficient (Wildman–Crippen LogP) is 3.43. The van der Waals surface area contributed by atoms with E-state index in [1.54, 1.807) is 11.3 Å². The molecule has 33 heavy (non-hydrogen) atoms. The number of aromatic nitrogens is 3.